The molecule has 0 atom stereocenters. The van der Waals surface area contributed by atoms with Crippen molar-refractivity contribution in [2.75, 3.05) is 13.1 Å². The minimum absolute atomic E-state index is 0.673. The van der Waals surface area contributed by atoms with E-state index in [1.165, 1.54) is 37.9 Å². The van der Waals surface area contributed by atoms with Crippen LogP contribution in [-0.4, -0.2) is 27.9 Å². The van der Waals surface area contributed by atoms with Crippen molar-refractivity contribution in [1.29, 1.82) is 0 Å². The first-order valence-corrected chi connectivity index (χ1v) is 6.52. The zero-order chi connectivity index (χ0) is 10.8. The summed E-state index contributed by atoms with van der Waals surface area (Å²) in [5.41, 5.74) is 0. The van der Waals surface area contributed by atoms with Gasteiger partial charge in [-0.15, -0.1) is 10.2 Å². The van der Waals surface area contributed by atoms with Gasteiger partial charge in [0.25, 0.3) is 0 Å². The van der Waals surface area contributed by atoms with E-state index in [2.05, 4.69) is 20.1 Å². The van der Waals surface area contributed by atoms with Crippen LogP contribution in [0.2, 0.25) is 0 Å². The van der Waals surface area contributed by atoms with Gasteiger partial charge in [-0.1, -0.05) is 19.3 Å². The third-order valence-corrected chi connectivity index (χ3v) is 3.95. The average molecular weight is 220 g/mol. The van der Waals surface area contributed by atoms with Crippen molar-refractivity contribution in [3.8, 4) is 0 Å². The predicted octanol–water partition coefficient (Wildman–Crippen LogP) is 1.55. The highest BCUT2D eigenvalue weighted by atomic mass is 15.3. The molecule has 2 fully saturated rings. The summed E-state index contributed by atoms with van der Waals surface area (Å²) >= 11 is 0. The molecule has 88 valence electrons. The van der Waals surface area contributed by atoms with Crippen molar-refractivity contribution in [2.45, 2.75) is 44.6 Å². The molecular weight excluding hydrogens is 200 g/mol. The molecule has 0 spiro atoms. The van der Waals surface area contributed by atoms with Crippen LogP contribution in [0.5, 0.6) is 0 Å². The van der Waals surface area contributed by atoms with Crippen LogP contribution >= 0.6 is 0 Å². The van der Waals surface area contributed by atoms with Gasteiger partial charge in [0.2, 0.25) is 0 Å². The highest BCUT2D eigenvalue weighted by Gasteiger charge is 2.23. The maximum Gasteiger partial charge on any atom is 0.133 e. The van der Waals surface area contributed by atoms with Gasteiger partial charge >= 0.3 is 0 Å². The highest BCUT2D eigenvalue weighted by molar-refractivity contribution is 4.95. The van der Waals surface area contributed by atoms with E-state index in [4.69, 9.17) is 0 Å². The fraction of sp³-hybridized carbons (Fsp3) is 0.833. The number of hydrogen-bond acceptors (Lipinski definition) is 3. The lowest BCUT2D eigenvalue weighted by atomic mass is 9.94. The van der Waals surface area contributed by atoms with Crippen LogP contribution in [0, 0.1) is 5.92 Å². The molecule has 0 radical (unpaired) electrons. The first kappa shape index (κ1) is 10.3. The monoisotopic (exact) mass is 220 g/mol. The van der Waals surface area contributed by atoms with Gasteiger partial charge < -0.3 is 9.88 Å². The summed E-state index contributed by atoms with van der Waals surface area (Å²) in [5, 5.41) is 11.7. The molecule has 2 heterocycles. The third kappa shape index (κ3) is 1.98. The smallest absolute Gasteiger partial charge is 0.133 e. The van der Waals surface area contributed by atoms with Crippen LogP contribution in [0.15, 0.2) is 6.33 Å². The lowest BCUT2D eigenvalue weighted by Crippen LogP contribution is -2.43. The molecule has 3 rings (SSSR count). The van der Waals surface area contributed by atoms with Crippen LogP contribution in [0.25, 0.3) is 0 Å². The van der Waals surface area contributed by atoms with Gasteiger partial charge in [0, 0.05) is 12.5 Å². The van der Waals surface area contributed by atoms with Gasteiger partial charge in [-0.2, -0.15) is 0 Å². The normalized spacial score (nSPS) is 23.2. The van der Waals surface area contributed by atoms with E-state index in [0.29, 0.717) is 6.04 Å². The molecule has 16 heavy (non-hydrogen) atoms. The van der Waals surface area contributed by atoms with Crippen LogP contribution in [-0.2, 0) is 6.42 Å². The molecule has 4 heteroatoms. The summed E-state index contributed by atoms with van der Waals surface area (Å²) in [4.78, 5) is 0. The zero-order valence-corrected chi connectivity index (χ0v) is 9.73. The molecule has 0 aromatic carbocycles. The van der Waals surface area contributed by atoms with E-state index in [1.807, 2.05) is 6.33 Å². The summed E-state index contributed by atoms with van der Waals surface area (Å²) in [5.74, 6) is 1.99. The van der Waals surface area contributed by atoms with Gasteiger partial charge in [0.05, 0.1) is 0 Å². The summed E-state index contributed by atoms with van der Waals surface area (Å²) in [6.07, 6.45) is 9.81. The molecule has 0 amide bonds. The Labute approximate surface area is 96.4 Å². The van der Waals surface area contributed by atoms with E-state index in [1.54, 1.807) is 0 Å². The highest BCUT2D eigenvalue weighted by Crippen LogP contribution is 2.29. The van der Waals surface area contributed by atoms with Crippen molar-refractivity contribution >= 4 is 0 Å². The summed E-state index contributed by atoms with van der Waals surface area (Å²) in [6.45, 7) is 2.30. The molecule has 1 saturated heterocycles. The summed E-state index contributed by atoms with van der Waals surface area (Å²) in [6, 6.07) is 0.673. The number of rotatable bonds is 3. The number of hydrogen-bond donors (Lipinski definition) is 1. The van der Waals surface area contributed by atoms with Gasteiger partial charge in [0.1, 0.15) is 12.2 Å². The van der Waals surface area contributed by atoms with E-state index >= 15 is 0 Å². The van der Waals surface area contributed by atoms with E-state index in [9.17, 15) is 0 Å². The Morgan fingerprint density at radius 3 is 2.75 bits per heavy atom. The van der Waals surface area contributed by atoms with Crippen molar-refractivity contribution in [2.24, 2.45) is 5.92 Å². The van der Waals surface area contributed by atoms with Crippen LogP contribution in [0.4, 0.5) is 0 Å². The Hall–Kier alpha value is -0.900. The van der Waals surface area contributed by atoms with Crippen molar-refractivity contribution in [3.63, 3.8) is 0 Å². The Balaban J connectivity index is 1.70. The summed E-state index contributed by atoms with van der Waals surface area (Å²) < 4.78 is 2.34. The van der Waals surface area contributed by atoms with E-state index in [-0.39, 0.29) is 0 Å². The molecule has 4 nitrogen and oxygen atoms in total. The predicted molar refractivity (Wildman–Crippen MR) is 62.2 cm³/mol. The van der Waals surface area contributed by atoms with Gasteiger partial charge in [-0.05, 0) is 31.8 Å². The number of nitrogens with one attached hydrogen (secondary N) is 1. The number of aromatic nitrogens is 3. The summed E-state index contributed by atoms with van der Waals surface area (Å²) in [7, 11) is 0. The lowest BCUT2D eigenvalue weighted by molar-refractivity contribution is 0.312. The molecule has 1 aliphatic carbocycles. The second-order valence-electron chi connectivity index (χ2n) is 5.17. The minimum atomic E-state index is 0.673. The first-order chi connectivity index (χ1) is 7.93. The molecule has 0 bridgehead atoms. The largest absolute Gasteiger partial charge is 0.316 e. The molecule has 1 N–H and O–H groups in total. The maximum atomic E-state index is 4.30. The van der Waals surface area contributed by atoms with Crippen molar-refractivity contribution in [3.05, 3.63) is 12.2 Å². The fourth-order valence-corrected chi connectivity index (χ4v) is 2.83. The molecule has 1 aliphatic heterocycles. The average Bonchev–Trinajstić information content (AvgIpc) is 2.73. The quantitative estimate of drug-likeness (QED) is 0.840. The number of nitrogens with zero attached hydrogens (tertiary/aromatic N) is 3. The SMILES string of the molecule is c1nnc(CC2CNC2)n1C1CCCCC1. The van der Waals surface area contributed by atoms with Gasteiger partial charge in [0.15, 0.2) is 0 Å². The topological polar surface area (TPSA) is 42.7 Å². The van der Waals surface area contributed by atoms with Crippen molar-refractivity contribution in [1.82, 2.24) is 20.1 Å². The fourth-order valence-electron chi connectivity index (χ4n) is 2.83. The van der Waals surface area contributed by atoms with Crippen LogP contribution < -0.4 is 5.32 Å². The third-order valence-electron chi connectivity index (χ3n) is 3.95. The maximum absolute atomic E-state index is 4.30. The molecule has 1 saturated carbocycles. The Morgan fingerprint density at radius 2 is 2.06 bits per heavy atom. The zero-order valence-electron chi connectivity index (χ0n) is 9.73. The molecule has 2 aliphatic rings. The second kappa shape index (κ2) is 4.53. The Bertz CT molecular complexity index is 337. The van der Waals surface area contributed by atoms with Crippen LogP contribution in [0.1, 0.15) is 44.0 Å². The molecule has 1 aromatic heterocycles. The minimum Gasteiger partial charge on any atom is -0.316 e. The molecule has 0 unspecified atom stereocenters. The Morgan fingerprint density at radius 1 is 1.25 bits per heavy atom. The first-order valence-electron chi connectivity index (χ1n) is 6.52. The molecular formula is C12H20N4. The van der Waals surface area contributed by atoms with Crippen LogP contribution in [0.3, 0.4) is 0 Å². The second-order valence-corrected chi connectivity index (χ2v) is 5.17. The standard InChI is InChI=1S/C12H20N4/c1-2-4-11(5-3-1)16-9-14-15-12(16)6-10-7-13-8-10/h9-11,13H,1-8H2. The van der Waals surface area contributed by atoms with Gasteiger partial charge in [-0.25, -0.2) is 0 Å². The van der Waals surface area contributed by atoms with Gasteiger partial charge in [-0.3, -0.25) is 0 Å². The molecule has 1 aromatic rings. The van der Waals surface area contributed by atoms with E-state index in [0.717, 1.165) is 25.4 Å². The lowest BCUT2D eigenvalue weighted by Gasteiger charge is -2.28. The van der Waals surface area contributed by atoms with Crippen molar-refractivity contribution < 1.29 is 0 Å². The van der Waals surface area contributed by atoms with E-state index < -0.39 is 0 Å². The Kier molecular flexibility index (Phi) is 2.91.